The van der Waals surface area contributed by atoms with Crippen LogP contribution in [0.4, 0.5) is 11.4 Å². The van der Waals surface area contributed by atoms with E-state index in [2.05, 4.69) is 4.72 Å². The molecule has 0 aliphatic carbocycles. The van der Waals surface area contributed by atoms with E-state index in [9.17, 15) is 8.42 Å². The number of anilines is 2. The number of benzene rings is 4. The average molecular weight is 411 g/mol. The average Bonchev–Trinajstić information content (AvgIpc) is 2.69. The second-order valence-electron chi connectivity index (χ2n) is 6.77. The van der Waals surface area contributed by atoms with Gasteiger partial charge in [0.2, 0.25) is 0 Å². The van der Waals surface area contributed by atoms with E-state index in [1.807, 2.05) is 67.5 Å². The summed E-state index contributed by atoms with van der Waals surface area (Å²) in [6, 6.07) is 21.9. The molecule has 4 nitrogen and oxygen atoms in total. The minimum absolute atomic E-state index is 0.243. The van der Waals surface area contributed by atoms with E-state index in [-0.39, 0.29) is 4.90 Å². The molecule has 4 rings (SSSR count). The lowest BCUT2D eigenvalue weighted by Gasteiger charge is -2.17. The Morgan fingerprint density at radius 1 is 0.750 bits per heavy atom. The molecule has 1 N–H and O–H groups in total. The second-order valence-corrected chi connectivity index (χ2v) is 8.83. The zero-order chi connectivity index (χ0) is 19.9. The molecule has 0 spiro atoms. The standard InChI is InChI=1S/C22H19ClN2O2S/c1-25(2)21-11-5-10-18-17(21)9-6-12-22(18)28(26,27)24-20-14-13-19(23)15-7-3-4-8-16(15)20/h3-14,24H,1-2H3. The van der Waals surface area contributed by atoms with Gasteiger partial charge < -0.3 is 4.90 Å². The lowest BCUT2D eigenvalue weighted by atomic mass is 10.1. The summed E-state index contributed by atoms with van der Waals surface area (Å²) in [5.41, 5.74) is 1.47. The van der Waals surface area contributed by atoms with E-state index in [1.165, 1.54) is 0 Å². The van der Waals surface area contributed by atoms with Crippen LogP contribution < -0.4 is 9.62 Å². The van der Waals surface area contributed by atoms with Gasteiger partial charge in [0, 0.05) is 46.4 Å². The normalized spacial score (nSPS) is 11.7. The fourth-order valence-corrected chi connectivity index (χ4v) is 4.97. The molecule has 28 heavy (non-hydrogen) atoms. The van der Waals surface area contributed by atoms with Crippen molar-refractivity contribution in [1.82, 2.24) is 0 Å². The highest BCUT2D eigenvalue weighted by Gasteiger charge is 2.20. The highest BCUT2D eigenvalue weighted by Crippen LogP contribution is 2.34. The Morgan fingerprint density at radius 2 is 1.39 bits per heavy atom. The van der Waals surface area contributed by atoms with Crippen molar-refractivity contribution in [2.45, 2.75) is 4.90 Å². The summed E-state index contributed by atoms with van der Waals surface area (Å²) in [6.07, 6.45) is 0. The van der Waals surface area contributed by atoms with Crippen LogP contribution in [0, 0.1) is 0 Å². The molecule has 0 saturated heterocycles. The Labute approximate surface area is 169 Å². The summed E-state index contributed by atoms with van der Waals surface area (Å²) >= 11 is 6.26. The first-order valence-electron chi connectivity index (χ1n) is 8.77. The first-order valence-corrected chi connectivity index (χ1v) is 10.6. The van der Waals surface area contributed by atoms with Gasteiger partial charge in [0.15, 0.2) is 0 Å². The van der Waals surface area contributed by atoms with Gasteiger partial charge in [-0.25, -0.2) is 8.42 Å². The van der Waals surface area contributed by atoms with Gasteiger partial charge in [-0.2, -0.15) is 0 Å². The van der Waals surface area contributed by atoms with E-state index >= 15 is 0 Å². The highest BCUT2D eigenvalue weighted by atomic mass is 35.5. The maximum absolute atomic E-state index is 13.3. The summed E-state index contributed by atoms with van der Waals surface area (Å²) in [7, 11) is 0.0788. The number of nitrogens with one attached hydrogen (secondary N) is 1. The monoisotopic (exact) mass is 410 g/mol. The van der Waals surface area contributed by atoms with Gasteiger partial charge in [0.25, 0.3) is 10.0 Å². The molecule has 0 saturated carbocycles. The van der Waals surface area contributed by atoms with Crippen molar-refractivity contribution in [2.75, 3.05) is 23.7 Å². The van der Waals surface area contributed by atoms with Crippen LogP contribution in [0.3, 0.4) is 0 Å². The van der Waals surface area contributed by atoms with Crippen molar-refractivity contribution in [1.29, 1.82) is 0 Å². The van der Waals surface area contributed by atoms with Crippen LogP contribution in [0.2, 0.25) is 5.02 Å². The Balaban J connectivity index is 1.87. The third-order valence-electron chi connectivity index (χ3n) is 4.75. The van der Waals surface area contributed by atoms with Gasteiger partial charge in [0.1, 0.15) is 0 Å². The van der Waals surface area contributed by atoms with Crippen molar-refractivity contribution in [3.63, 3.8) is 0 Å². The first kappa shape index (κ1) is 18.6. The number of hydrogen-bond donors (Lipinski definition) is 1. The Hall–Kier alpha value is -2.76. The minimum atomic E-state index is -3.80. The Morgan fingerprint density at radius 3 is 2.14 bits per heavy atom. The maximum atomic E-state index is 13.3. The smallest absolute Gasteiger partial charge is 0.262 e. The van der Waals surface area contributed by atoms with Crippen LogP contribution >= 0.6 is 11.6 Å². The number of halogens is 1. The van der Waals surface area contributed by atoms with Crippen molar-refractivity contribution in [3.8, 4) is 0 Å². The molecule has 0 heterocycles. The van der Waals surface area contributed by atoms with E-state index in [1.54, 1.807) is 24.3 Å². The molecule has 4 aromatic rings. The van der Waals surface area contributed by atoms with Crippen LogP contribution in [0.1, 0.15) is 0 Å². The molecule has 0 amide bonds. The zero-order valence-corrected chi connectivity index (χ0v) is 17.1. The molecule has 0 aliphatic heterocycles. The fraction of sp³-hybridized carbons (Fsp3) is 0.0909. The third-order valence-corrected chi connectivity index (χ3v) is 6.50. The van der Waals surface area contributed by atoms with Crippen LogP contribution in [0.15, 0.2) is 77.7 Å². The molecular formula is C22H19ClN2O2S. The topological polar surface area (TPSA) is 49.4 Å². The zero-order valence-electron chi connectivity index (χ0n) is 15.5. The molecule has 0 fully saturated rings. The van der Waals surface area contributed by atoms with Crippen molar-refractivity contribution in [2.24, 2.45) is 0 Å². The van der Waals surface area contributed by atoms with Gasteiger partial charge in [-0.15, -0.1) is 0 Å². The van der Waals surface area contributed by atoms with Crippen molar-refractivity contribution < 1.29 is 8.42 Å². The van der Waals surface area contributed by atoms with Crippen molar-refractivity contribution >= 4 is 54.5 Å². The molecule has 0 bridgehead atoms. The molecule has 4 aromatic carbocycles. The van der Waals surface area contributed by atoms with Crippen LogP contribution in [-0.4, -0.2) is 22.5 Å². The van der Waals surface area contributed by atoms with Gasteiger partial charge in [-0.3, -0.25) is 4.72 Å². The number of nitrogens with zero attached hydrogens (tertiary/aromatic N) is 1. The largest absolute Gasteiger partial charge is 0.377 e. The summed E-state index contributed by atoms with van der Waals surface area (Å²) in [4.78, 5) is 2.21. The summed E-state index contributed by atoms with van der Waals surface area (Å²) in [5, 5.41) is 3.71. The van der Waals surface area contributed by atoms with Crippen molar-refractivity contribution in [3.05, 3.63) is 77.8 Å². The summed E-state index contributed by atoms with van der Waals surface area (Å²) in [6.45, 7) is 0. The van der Waals surface area contributed by atoms with Gasteiger partial charge >= 0.3 is 0 Å². The molecule has 0 aliphatic rings. The van der Waals surface area contributed by atoms with E-state index < -0.39 is 10.0 Å². The van der Waals surface area contributed by atoms with Gasteiger partial charge in [0.05, 0.1) is 10.6 Å². The molecule has 142 valence electrons. The third kappa shape index (κ3) is 3.17. The highest BCUT2D eigenvalue weighted by molar-refractivity contribution is 7.93. The number of rotatable bonds is 4. The van der Waals surface area contributed by atoms with Crippen LogP contribution in [0.5, 0.6) is 0 Å². The predicted molar refractivity (Wildman–Crippen MR) is 118 cm³/mol. The fourth-order valence-electron chi connectivity index (χ4n) is 3.44. The van der Waals surface area contributed by atoms with Crippen LogP contribution in [0.25, 0.3) is 21.5 Å². The lowest BCUT2D eigenvalue weighted by Crippen LogP contribution is -2.14. The molecule has 0 unspecified atom stereocenters. The summed E-state index contributed by atoms with van der Waals surface area (Å²) < 4.78 is 29.3. The Kier molecular flexibility index (Phi) is 4.65. The minimum Gasteiger partial charge on any atom is -0.377 e. The predicted octanol–water partition coefficient (Wildman–Crippen LogP) is 5.51. The van der Waals surface area contributed by atoms with E-state index in [4.69, 9.17) is 11.6 Å². The van der Waals surface area contributed by atoms with E-state index in [0.717, 1.165) is 21.8 Å². The van der Waals surface area contributed by atoms with Crippen LogP contribution in [-0.2, 0) is 10.0 Å². The number of hydrogen-bond acceptors (Lipinski definition) is 3. The SMILES string of the molecule is CN(C)c1cccc2c(S(=O)(=O)Nc3ccc(Cl)c4ccccc34)cccc12. The maximum Gasteiger partial charge on any atom is 0.262 e. The molecule has 0 atom stereocenters. The number of fused-ring (bicyclic) bond motifs is 2. The van der Waals surface area contributed by atoms with Gasteiger partial charge in [-0.1, -0.05) is 60.1 Å². The summed E-state index contributed by atoms with van der Waals surface area (Å²) in [5.74, 6) is 0. The second kappa shape index (κ2) is 7.00. The lowest BCUT2D eigenvalue weighted by molar-refractivity contribution is 0.602. The van der Waals surface area contributed by atoms with Gasteiger partial charge in [-0.05, 0) is 24.3 Å². The van der Waals surface area contributed by atoms with E-state index in [0.29, 0.717) is 16.1 Å². The molecular weight excluding hydrogens is 392 g/mol. The first-order chi connectivity index (χ1) is 13.4. The molecule has 0 radical (unpaired) electrons. The number of sulfonamides is 1. The Bertz CT molecular complexity index is 1300. The molecule has 6 heteroatoms. The quantitative estimate of drug-likeness (QED) is 0.482. The molecule has 0 aromatic heterocycles.